The van der Waals surface area contributed by atoms with E-state index in [0.717, 1.165) is 29.5 Å². The second-order valence-corrected chi connectivity index (χ2v) is 4.85. The maximum atomic E-state index is 8.74. The highest BCUT2D eigenvalue weighted by atomic mass is 16.5. The molecule has 1 saturated carbocycles. The van der Waals surface area contributed by atoms with Crippen molar-refractivity contribution >= 4 is 10.9 Å². The Balaban J connectivity index is 1.71. The number of hydrogen-bond acceptors (Lipinski definition) is 2. The third kappa shape index (κ3) is 1.99. The maximum absolute atomic E-state index is 8.74. The van der Waals surface area contributed by atoms with Crippen molar-refractivity contribution in [3.05, 3.63) is 30.5 Å². The quantitative estimate of drug-likeness (QED) is 0.870. The molecule has 1 aromatic heterocycles. The van der Waals surface area contributed by atoms with Crippen molar-refractivity contribution in [3.8, 4) is 11.8 Å². The predicted molar refractivity (Wildman–Crippen MR) is 65.7 cm³/mol. The zero-order valence-corrected chi connectivity index (χ0v) is 9.57. The summed E-state index contributed by atoms with van der Waals surface area (Å²) in [6.07, 6.45) is 4.77. The average Bonchev–Trinajstić information content (AvgIpc) is 2.95. The van der Waals surface area contributed by atoms with E-state index >= 15 is 0 Å². The number of nitriles is 1. The molecule has 3 nitrogen and oxygen atoms in total. The first-order valence-corrected chi connectivity index (χ1v) is 5.88. The Labute approximate surface area is 100 Å². The van der Waals surface area contributed by atoms with E-state index in [0.29, 0.717) is 13.0 Å². The molecule has 0 bridgehead atoms. The minimum atomic E-state index is 0.141. The van der Waals surface area contributed by atoms with Gasteiger partial charge in [-0.1, -0.05) is 0 Å². The Bertz CT molecular complexity index is 575. The van der Waals surface area contributed by atoms with E-state index in [1.54, 1.807) is 0 Å². The smallest absolute Gasteiger partial charge is 0.120 e. The van der Waals surface area contributed by atoms with Gasteiger partial charge in [0.25, 0.3) is 0 Å². The minimum Gasteiger partial charge on any atom is -0.493 e. The fourth-order valence-electron chi connectivity index (χ4n) is 2.07. The standard InChI is InChI=1S/C14H14N2O/c15-7-6-14(4-5-14)10-17-12-1-2-13-11(9-12)3-8-16-13/h1-3,8-9,16H,4-6,10H2. The molecular formula is C14H14N2O. The van der Waals surface area contributed by atoms with E-state index in [4.69, 9.17) is 10.00 Å². The highest BCUT2D eigenvalue weighted by Crippen LogP contribution is 2.48. The van der Waals surface area contributed by atoms with E-state index in [1.807, 2.05) is 30.5 Å². The molecule has 3 rings (SSSR count). The minimum absolute atomic E-state index is 0.141. The summed E-state index contributed by atoms with van der Waals surface area (Å²) in [6.45, 7) is 0.663. The third-order valence-corrected chi connectivity index (χ3v) is 3.48. The lowest BCUT2D eigenvalue weighted by Gasteiger charge is -2.12. The Morgan fingerprint density at radius 2 is 2.24 bits per heavy atom. The first kappa shape index (κ1) is 10.2. The molecule has 17 heavy (non-hydrogen) atoms. The monoisotopic (exact) mass is 226 g/mol. The van der Waals surface area contributed by atoms with E-state index in [2.05, 4.69) is 11.1 Å². The van der Waals surface area contributed by atoms with Gasteiger partial charge in [0, 0.05) is 28.9 Å². The first-order valence-electron chi connectivity index (χ1n) is 5.88. The lowest BCUT2D eigenvalue weighted by Crippen LogP contribution is -2.12. The van der Waals surface area contributed by atoms with Crippen molar-refractivity contribution < 1.29 is 4.74 Å². The van der Waals surface area contributed by atoms with Gasteiger partial charge in [0.2, 0.25) is 0 Å². The summed E-state index contributed by atoms with van der Waals surface area (Å²) in [5.74, 6) is 0.890. The first-order chi connectivity index (χ1) is 8.31. The second-order valence-electron chi connectivity index (χ2n) is 4.85. The highest BCUT2D eigenvalue weighted by molar-refractivity contribution is 5.80. The fraction of sp³-hybridized carbons (Fsp3) is 0.357. The van der Waals surface area contributed by atoms with E-state index in [-0.39, 0.29) is 5.41 Å². The molecule has 3 heteroatoms. The molecular weight excluding hydrogens is 212 g/mol. The third-order valence-electron chi connectivity index (χ3n) is 3.48. The largest absolute Gasteiger partial charge is 0.493 e. The number of hydrogen-bond donors (Lipinski definition) is 1. The van der Waals surface area contributed by atoms with Gasteiger partial charge in [-0.3, -0.25) is 0 Å². The molecule has 0 unspecified atom stereocenters. The topological polar surface area (TPSA) is 48.8 Å². The van der Waals surface area contributed by atoms with E-state index < -0.39 is 0 Å². The Morgan fingerprint density at radius 3 is 3.00 bits per heavy atom. The van der Waals surface area contributed by atoms with Crippen LogP contribution < -0.4 is 4.74 Å². The lowest BCUT2D eigenvalue weighted by molar-refractivity contribution is 0.237. The van der Waals surface area contributed by atoms with Gasteiger partial charge in [-0.05, 0) is 37.1 Å². The number of benzene rings is 1. The van der Waals surface area contributed by atoms with Crippen LogP contribution in [0.25, 0.3) is 10.9 Å². The molecule has 1 aliphatic carbocycles. The van der Waals surface area contributed by atoms with Crippen molar-refractivity contribution in [2.45, 2.75) is 19.3 Å². The van der Waals surface area contributed by atoms with Gasteiger partial charge in [0.15, 0.2) is 0 Å². The van der Waals surface area contributed by atoms with Crippen LogP contribution in [0.1, 0.15) is 19.3 Å². The number of aromatic nitrogens is 1. The normalized spacial score (nSPS) is 16.6. The summed E-state index contributed by atoms with van der Waals surface area (Å²) < 4.78 is 5.80. The maximum Gasteiger partial charge on any atom is 0.120 e. The molecule has 1 fully saturated rings. The highest BCUT2D eigenvalue weighted by Gasteiger charge is 2.43. The molecule has 0 saturated heterocycles. The van der Waals surface area contributed by atoms with Crippen LogP contribution in [-0.4, -0.2) is 11.6 Å². The number of aromatic amines is 1. The van der Waals surface area contributed by atoms with Crippen LogP contribution in [0.15, 0.2) is 30.5 Å². The van der Waals surface area contributed by atoms with Crippen LogP contribution in [0.2, 0.25) is 0 Å². The SMILES string of the molecule is N#CCC1(COc2ccc3[nH]ccc3c2)CC1. The number of nitrogens with zero attached hydrogens (tertiary/aromatic N) is 1. The van der Waals surface area contributed by atoms with Gasteiger partial charge in [0.05, 0.1) is 12.7 Å². The summed E-state index contributed by atoms with van der Waals surface area (Å²) in [6, 6.07) is 10.3. The molecule has 0 atom stereocenters. The molecule has 86 valence electrons. The summed E-state index contributed by atoms with van der Waals surface area (Å²) in [7, 11) is 0. The molecule has 0 spiro atoms. The summed E-state index contributed by atoms with van der Waals surface area (Å²) in [5.41, 5.74) is 1.26. The second kappa shape index (κ2) is 3.81. The summed E-state index contributed by atoms with van der Waals surface area (Å²) in [5, 5.41) is 9.90. The predicted octanol–water partition coefficient (Wildman–Crippen LogP) is 3.24. The van der Waals surface area contributed by atoms with Crippen molar-refractivity contribution in [1.82, 2.24) is 4.98 Å². The number of H-pyrrole nitrogens is 1. The van der Waals surface area contributed by atoms with Gasteiger partial charge >= 0.3 is 0 Å². The average molecular weight is 226 g/mol. The van der Waals surface area contributed by atoms with Crippen LogP contribution >= 0.6 is 0 Å². The Kier molecular flexibility index (Phi) is 2.29. The lowest BCUT2D eigenvalue weighted by atomic mass is 10.1. The van der Waals surface area contributed by atoms with Crippen molar-refractivity contribution in [1.29, 1.82) is 5.26 Å². The molecule has 0 amide bonds. The van der Waals surface area contributed by atoms with Gasteiger partial charge in [-0.2, -0.15) is 5.26 Å². The van der Waals surface area contributed by atoms with Crippen LogP contribution in [0.4, 0.5) is 0 Å². The van der Waals surface area contributed by atoms with Gasteiger partial charge in [-0.25, -0.2) is 0 Å². The van der Waals surface area contributed by atoms with E-state index in [1.165, 1.54) is 0 Å². The fourth-order valence-corrected chi connectivity index (χ4v) is 2.07. The zero-order valence-electron chi connectivity index (χ0n) is 9.57. The molecule has 1 aliphatic rings. The van der Waals surface area contributed by atoms with Gasteiger partial charge < -0.3 is 9.72 Å². The molecule has 1 aromatic carbocycles. The van der Waals surface area contributed by atoms with E-state index in [9.17, 15) is 0 Å². The van der Waals surface area contributed by atoms with Crippen LogP contribution in [0, 0.1) is 16.7 Å². The van der Waals surface area contributed by atoms with Crippen molar-refractivity contribution in [2.75, 3.05) is 6.61 Å². The van der Waals surface area contributed by atoms with Crippen molar-refractivity contribution in [3.63, 3.8) is 0 Å². The molecule has 1 N–H and O–H groups in total. The van der Waals surface area contributed by atoms with Crippen molar-refractivity contribution in [2.24, 2.45) is 5.41 Å². The Morgan fingerprint density at radius 1 is 1.35 bits per heavy atom. The molecule has 2 aromatic rings. The van der Waals surface area contributed by atoms with Gasteiger partial charge in [0.1, 0.15) is 5.75 Å². The summed E-state index contributed by atoms with van der Waals surface area (Å²) in [4.78, 5) is 3.15. The number of nitrogens with one attached hydrogen (secondary N) is 1. The number of ether oxygens (including phenoxy) is 1. The molecule has 1 heterocycles. The Hall–Kier alpha value is -1.95. The molecule has 0 radical (unpaired) electrons. The number of fused-ring (bicyclic) bond motifs is 1. The zero-order chi connectivity index (χ0) is 11.7. The molecule has 0 aliphatic heterocycles. The number of rotatable bonds is 4. The van der Waals surface area contributed by atoms with Gasteiger partial charge in [-0.15, -0.1) is 0 Å². The van der Waals surface area contributed by atoms with Crippen LogP contribution in [-0.2, 0) is 0 Å². The van der Waals surface area contributed by atoms with Crippen LogP contribution in [0.5, 0.6) is 5.75 Å². The summed E-state index contributed by atoms with van der Waals surface area (Å²) >= 11 is 0. The van der Waals surface area contributed by atoms with Crippen LogP contribution in [0.3, 0.4) is 0 Å².